The zero-order valence-corrected chi connectivity index (χ0v) is 11.6. The van der Waals surface area contributed by atoms with E-state index in [1.165, 1.54) is 0 Å². The molecule has 0 aliphatic heterocycles. The van der Waals surface area contributed by atoms with Gasteiger partial charge < -0.3 is 49.6 Å². The third kappa shape index (κ3) is 24.7. The largest absolute Gasteiger partial charge is 2.00 e. The Morgan fingerprint density at radius 1 is 0.500 bits per heavy atom. The first-order valence-electron chi connectivity index (χ1n) is 0. The Morgan fingerprint density at radius 2 is 0.500 bits per heavy atom. The quantitative estimate of drug-likeness (QED) is 0.383. The van der Waals surface area contributed by atoms with Crippen molar-refractivity contribution in [2.75, 3.05) is 0 Å². The van der Waals surface area contributed by atoms with Gasteiger partial charge >= 0.3 is 83.2 Å². The first-order valence-corrected chi connectivity index (χ1v) is 0. The van der Waals surface area contributed by atoms with Crippen LogP contribution in [0.5, 0.6) is 0 Å². The molecule has 0 aliphatic carbocycles. The van der Waals surface area contributed by atoms with Crippen molar-refractivity contribution in [1.82, 2.24) is 0 Å². The van der Waals surface area contributed by atoms with E-state index in [4.69, 9.17) is 0 Å². The zero-order chi connectivity index (χ0) is 0. The topological polar surface area (TPSA) is 0 Å². The second kappa shape index (κ2) is 36.5. The van der Waals surface area contributed by atoms with Crippen molar-refractivity contribution in [1.29, 1.82) is 0 Å². The Labute approximate surface area is 129 Å². The minimum Gasteiger partial charge on any atom is -1.00 e. The first-order chi connectivity index (χ1) is 0. The third-order valence-electron chi connectivity index (χ3n) is 0. The fourth-order valence-electron chi connectivity index (χ4n) is 0. The molecule has 0 heterocycles. The first kappa shape index (κ1) is 51.6. The molecule has 0 unspecified atom stereocenters. The van der Waals surface area contributed by atoms with Crippen LogP contribution in [0.15, 0.2) is 0 Å². The van der Waals surface area contributed by atoms with Crippen LogP contribution in [-0.4, -0.2) is 83.2 Å². The summed E-state index contributed by atoms with van der Waals surface area (Å²) in [5.41, 5.74) is 0. The van der Waals surface area contributed by atoms with Crippen molar-refractivity contribution < 1.29 is 49.6 Å². The molecule has 0 bridgehead atoms. The molecule has 0 N–H and O–H groups in total. The molecule has 0 atom stereocenters. The van der Waals surface area contributed by atoms with Crippen LogP contribution in [0.1, 0.15) is 0 Å². The summed E-state index contributed by atoms with van der Waals surface area (Å²) < 4.78 is 0. The fraction of sp³-hybridized carbons (Fsp3) is 0. The van der Waals surface area contributed by atoms with E-state index in [1.807, 2.05) is 0 Å². The zero-order valence-electron chi connectivity index (χ0n) is 2.93. The van der Waals surface area contributed by atoms with Gasteiger partial charge in [0.05, 0.1) is 0 Å². The maximum absolute atomic E-state index is 0. The summed E-state index contributed by atoms with van der Waals surface area (Å²) in [5, 5.41) is 0. The van der Waals surface area contributed by atoms with Crippen molar-refractivity contribution in [2.24, 2.45) is 0 Å². The average molecular weight is 270 g/mol. The minimum absolute atomic E-state index is 0. The molecule has 0 rings (SSSR count). The molecule has 6 heteroatoms. The predicted octanol–water partition coefficient (Wildman–Crippen LogP) is -12.7. The molecular weight excluding hydrogens is 270 g/mol. The van der Waals surface area contributed by atoms with Crippen LogP contribution in [0.3, 0.4) is 0 Å². The molecule has 0 amide bonds. The Balaban J connectivity index is 0. The van der Waals surface area contributed by atoms with Crippen LogP contribution in [0.4, 0.5) is 0 Å². The van der Waals surface area contributed by atoms with Gasteiger partial charge in [-0.1, -0.05) is 0 Å². The Kier molecular flexibility index (Phi) is 314. The van der Waals surface area contributed by atoms with E-state index < -0.39 is 0 Å². The van der Waals surface area contributed by atoms with Gasteiger partial charge in [0.1, 0.15) is 0 Å². The standard InChI is InChI=1S/Ca.4ClH.Sr/h;4*1H;/q+2;;;;;+2/p-4. The summed E-state index contributed by atoms with van der Waals surface area (Å²) in [6, 6.07) is 0. The monoisotopic (exact) mass is 268 g/mol. The van der Waals surface area contributed by atoms with Gasteiger partial charge in [0.15, 0.2) is 0 Å². The predicted molar refractivity (Wildman–Crippen MR) is 11.5 cm³/mol. The van der Waals surface area contributed by atoms with Crippen molar-refractivity contribution in [3.8, 4) is 0 Å². The molecule has 0 saturated heterocycles. The second-order valence-corrected chi connectivity index (χ2v) is 0. The number of hydrogen-bond acceptors (Lipinski definition) is 0. The van der Waals surface area contributed by atoms with Crippen LogP contribution in [0.2, 0.25) is 0 Å². The summed E-state index contributed by atoms with van der Waals surface area (Å²) in [5.74, 6) is 0. The summed E-state index contributed by atoms with van der Waals surface area (Å²) in [6.07, 6.45) is 0. The van der Waals surface area contributed by atoms with Gasteiger partial charge in [-0.3, -0.25) is 0 Å². The van der Waals surface area contributed by atoms with Gasteiger partial charge in [-0.15, -0.1) is 0 Å². The molecule has 0 aromatic heterocycles. The maximum Gasteiger partial charge on any atom is 2.00 e. The van der Waals surface area contributed by atoms with Crippen molar-refractivity contribution in [2.45, 2.75) is 0 Å². The van der Waals surface area contributed by atoms with Crippen LogP contribution in [0, 0.1) is 0 Å². The van der Waals surface area contributed by atoms with Gasteiger partial charge in [-0.25, -0.2) is 0 Å². The van der Waals surface area contributed by atoms with Crippen molar-refractivity contribution in [3.63, 3.8) is 0 Å². The van der Waals surface area contributed by atoms with Gasteiger partial charge in [-0.2, -0.15) is 0 Å². The molecule has 32 valence electrons. The summed E-state index contributed by atoms with van der Waals surface area (Å²) in [6.45, 7) is 0. The van der Waals surface area contributed by atoms with Crippen molar-refractivity contribution in [3.05, 3.63) is 0 Å². The second-order valence-electron chi connectivity index (χ2n) is 0. The molecule has 0 nitrogen and oxygen atoms in total. The van der Waals surface area contributed by atoms with E-state index in [-0.39, 0.29) is 133 Å². The fourth-order valence-corrected chi connectivity index (χ4v) is 0. The van der Waals surface area contributed by atoms with E-state index in [1.54, 1.807) is 0 Å². The Bertz CT molecular complexity index is 7.51. The van der Waals surface area contributed by atoms with E-state index in [9.17, 15) is 0 Å². The molecular formula is CaCl4Sr. The average Bonchev–Trinajstić information content (AvgIpc) is 0. The number of rotatable bonds is 0. The molecule has 0 spiro atoms. The maximum atomic E-state index is 0. The Hall–Kier alpha value is 3.90. The van der Waals surface area contributed by atoms with Crippen LogP contribution >= 0.6 is 0 Å². The molecule has 0 aliphatic rings. The van der Waals surface area contributed by atoms with Crippen LogP contribution in [-0.2, 0) is 0 Å². The SMILES string of the molecule is [Ca+2].[Cl-].[Cl-].[Cl-].[Cl-].[Sr+2]. The number of hydrogen-bond donors (Lipinski definition) is 0. The molecule has 0 saturated carbocycles. The number of halogens is 4. The van der Waals surface area contributed by atoms with Gasteiger partial charge in [0.25, 0.3) is 0 Å². The van der Waals surface area contributed by atoms with E-state index in [0.29, 0.717) is 0 Å². The molecule has 6 heavy (non-hydrogen) atoms. The van der Waals surface area contributed by atoms with Gasteiger partial charge in [-0.05, 0) is 0 Å². The van der Waals surface area contributed by atoms with Crippen LogP contribution in [0.25, 0.3) is 0 Å². The van der Waals surface area contributed by atoms with Gasteiger partial charge in [0, 0.05) is 0 Å². The minimum atomic E-state index is 0. The summed E-state index contributed by atoms with van der Waals surface area (Å²) >= 11 is 0. The summed E-state index contributed by atoms with van der Waals surface area (Å²) in [4.78, 5) is 0. The van der Waals surface area contributed by atoms with E-state index in [2.05, 4.69) is 0 Å². The van der Waals surface area contributed by atoms with E-state index >= 15 is 0 Å². The third-order valence-corrected chi connectivity index (χ3v) is 0. The van der Waals surface area contributed by atoms with Gasteiger partial charge in [0.2, 0.25) is 0 Å². The molecule has 0 fully saturated rings. The van der Waals surface area contributed by atoms with Crippen LogP contribution < -0.4 is 49.6 Å². The smallest absolute Gasteiger partial charge is 1.00 e. The molecule has 0 radical (unpaired) electrons. The Morgan fingerprint density at radius 3 is 0.500 bits per heavy atom. The molecule has 0 aromatic rings. The molecule has 0 aromatic carbocycles. The normalized spacial score (nSPS) is 0. The van der Waals surface area contributed by atoms with E-state index in [0.717, 1.165) is 0 Å². The van der Waals surface area contributed by atoms with Crippen molar-refractivity contribution >= 4 is 83.2 Å². The summed E-state index contributed by atoms with van der Waals surface area (Å²) in [7, 11) is 0.